The molecule has 2 bridgehead atoms. The third-order valence-corrected chi connectivity index (χ3v) is 6.38. The summed E-state index contributed by atoms with van der Waals surface area (Å²) < 4.78 is 8.00. The fourth-order valence-electron chi connectivity index (χ4n) is 4.99. The number of pyridine rings is 1. The van der Waals surface area contributed by atoms with E-state index in [2.05, 4.69) is 41.6 Å². The van der Waals surface area contributed by atoms with Crippen molar-refractivity contribution in [3.05, 3.63) is 23.7 Å². The molecule has 9 nitrogen and oxygen atoms in total. The van der Waals surface area contributed by atoms with Crippen molar-refractivity contribution in [1.29, 1.82) is 0 Å². The summed E-state index contributed by atoms with van der Waals surface area (Å²) >= 11 is 0. The number of nitrogens with one attached hydrogen (secondary N) is 1. The largest absolute Gasteiger partial charge is 0.385 e. The first-order chi connectivity index (χ1) is 13.0. The highest BCUT2D eigenvalue weighted by atomic mass is 16.5. The van der Waals surface area contributed by atoms with E-state index in [9.17, 15) is 0 Å². The molecule has 3 aliphatic heterocycles. The van der Waals surface area contributed by atoms with Crippen molar-refractivity contribution < 1.29 is 4.74 Å². The maximum atomic E-state index is 6.14. The van der Waals surface area contributed by atoms with Crippen molar-refractivity contribution in [3.8, 4) is 0 Å². The maximum Gasteiger partial charge on any atom is 0.184 e. The summed E-state index contributed by atoms with van der Waals surface area (Å²) in [5, 5.41) is 8.78. The average Bonchev–Trinajstić information content (AvgIpc) is 3.36. The lowest BCUT2D eigenvalue weighted by Gasteiger charge is -2.42. The molecular formula is C18H26N8O. The molecule has 4 unspecified atom stereocenters. The van der Waals surface area contributed by atoms with Gasteiger partial charge in [0.1, 0.15) is 11.4 Å². The van der Waals surface area contributed by atoms with Gasteiger partial charge in [0, 0.05) is 13.1 Å². The van der Waals surface area contributed by atoms with E-state index in [-0.39, 0.29) is 5.92 Å². The van der Waals surface area contributed by atoms with Gasteiger partial charge in [-0.2, -0.15) is 5.10 Å². The van der Waals surface area contributed by atoms with E-state index in [1.165, 1.54) is 12.1 Å². The van der Waals surface area contributed by atoms with Gasteiger partial charge in [0.05, 0.1) is 24.4 Å². The van der Waals surface area contributed by atoms with Crippen LogP contribution in [0.15, 0.2) is 17.4 Å². The lowest BCUT2D eigenvalue weighted by molar-refractivity contribution is -0.0379. The predicted octanol–water partition coefficient (Wildman–Crippen LogP) is 0.481. The molecule has 2 aromatic heterocycles. The van der Waals surface area contributed by atoms with Gasteiger partial charge in [0.15, 0.2) is 11.5 Å². The summed E-state index contributed by atoms with van der Waals surface area (Å²) in [6, 6.07) is 2.20. The lowest BCUT2D eigenvalue weighted by Crippen LogP contribution is -2.53. The van der Waals surface area contributed by atoms with Crippen molar-refractivity contribution >= 4 is 17.2 Å². The molecule has 1 aliphatic carbocycles. The minimum Gasteiger partial charge on any atom is -0.385 e. The van der Waals surface area contributed by atoms with Crippen LogP contribution in [0, 0.1) is 24.7 Å². The molecule has 0 aromatic carbocycles. The first-order valence-corrected chi connectivity index (χ1v) is 9.57. The summed E-state index contributed by atoms with van der Waals surface area (Å²) in [6.07, 6.45) is 4.17. The van der Waals surface area contributed by atoms with Crippen LogP contribution in [0.5, 0.6) is 0 Å². The van der Waals surface area contributed by atoms with Crippen molar-refractivity contribution in [2.24, 2.45) is 34.4 Å². The van der Waals surface area contributed by atoms with Crippen LogP contribution in [0.3, 0.4) is 0 Å². The van der Waals surface area contributed by atoms with Crippen LogP contribution in [-0.2, 0) is 10.3 Å². The Morgan fingerprint density at radius 3 is 3.04 bits per heavy atom. The Bertz CT molecular complexity index is 919. The zero-order chi connectivity index (χ0) is 18.8. The molecule has 4 aliphatic rings. The number of hydrazine groups is 1. The van der Waals surface area contributed by atoms with Crippen LogP contribution in [0.1, 0.15) is 31.2 Å². The standard InChI is InChI=1S/C18H26N8O/c1-10-3-4-25(7-10)13-5-11(2)16-21-17(23-26(16)8-13)18-6-12(9-27-18)14(18)15(19)22-24-20/h5,8,10,12,14,24H,3-4,6-7,9,20H2,1-2H3,(H2,19,22). The van der Waals surface area contributed by atoms with Crippen molar-refractivity contribution in [2.75, 3.05) is 24.6 Å². The minimum absolute atomic E-state index is 0.0369. The Kier molecular flexibility index (Phi) is 3.60. The second-order valence-corrected chi connectivity index (χ2v) is 8.23. The molecule has 4 fully saturated rings. The number of amidine groups is 1. The van der Waals surface area contributed by atoms with E-state index in [1.807, 2.05) is 4.52 Å². The third-order valence-electron chi connectivity index (χ3n) is 6.38. The summed E-state index contributed by atoms with van der Waals surface area (Å²) in [6.45, 7) is 7.20. The minimum atomic E-state index is -0.587. The van der Waals surface area contributed by atoms with Gasteiger partial charge in [0.25, 0.3) is 0 Å². The number of aromatic nitrogens is 3. The topological polar surface area (TPSA) is 119 Å². The monoisotopic (exact) mass is 370 g/mol. The molecule has 2 aromatic rings. The average molecular weight is 370 g/mol. The van der Waals surface area contributed by atoms with Crippen LogP contribution in [-0.4, -0.2) is 40.1 Å². The van der Waals surface area contributed by atoms with Crippen LogP contribution < -0.4 is 22.0 Å². The zero-order valence-electron chi connectivity index (χ0n) is 15.7. The number of aryl methyl sites for hydroxylation is 1. The predicted molar refractivity (Wildman–Crippen MR) is 102 cm³/mol. The summed E-state index contributed by atoms with van der Waals surface area (Å²) in [5.74, 6) is 7.48. The maximum absolute atomic E-state index is 6.14. The van der Waals surface area contributed by atoms with Crippen molar-refractivity contribution in [1.82, 2.24) is 20.1 Å². The Labute approximate surface area is 157 Å². The highest BCUT2D eigenvalue weighted by Gasteiger charge is 2.65. The molecule has 4 atom stereocenters. The second kappa shape index (κ2) is 5.80. The highest BCUT2D eigenvalue weighted by molar-refractivity contribution is 5.85. The van der Waals surface area contributed by atoms with Gasteiger partial charge >= 0.3 is 0 Å². The molecule has 6 rings (SSSR count). The molecule has 1 saturated carbocycles. The molecule has 27 heavy (non-hydrogen) atoms. The van der Waals surface area contributed by atoms with Gasteiger partial charge < -0.3 is 15.4 Å². The Hall–Kier alpha value is -2.39. The number of fused-ring (bicyclic) bond motifs is 2. The fraction of sp³-hybridized carbons (Fsp3) is 0.611. The SMILES string of the molecule is Cc1cc(N2CCC(C)C2)cn2nc(C34CC(CO3)C4/C(N)=N/NN)nc12. The number of anilines is 1. The van der Waals surface area contributed by atoms with Crippen molar-refractivity contribution in [2.45, 2.75) is 32.3 Å². The van der Waals surface area contributed by atoms with Crippen LogP contribution in [0.2, 0.25) is 0 Å². The van der Waals surface area contributed by atoms with E-state index < -0.39 is 5.60 Å². The molecule has 0 spiro atoms. The van der Waals surface area contributed by atoms with E-state index in [0.29, 0.717) is 24.2 Å². The quantitative estimate of drug-likeness (QED) is 0.310. The Morgan fingerprint density at radius 1 is 1.48 bits per heavy atom. The molecule has 3 saturated heterocycles. The van der Waals surface area contributed by atoms with Crippen LogP contribution in [0.25, 0.3) is 5.65 Å². The third kappa shape index (κ3) is 2.34. The number of ether oxygens (including phenoxy) is 1. The molecule has 5 heterocycles. The first kappa shape index (κ1) is 16.8. The number of hydrogen-bond donors (Lipinski definition) is 3. The van der Waals surface area contributed by atoms with Gasteiger partial charge in [-0.15, -0.1) is 5.10 Å². The normalized spacial score (nSPS) is 32.9. The summed E-state index contributed by atoms with van der Waals surface area (Å²) in [7, 11) is 0. The molecular weight excluding hydrogens is 344 g/mol. The van der Waals surface area contributed by atoms with E-state index in [1.54, 1.807) is 0 Å². The Morgan fingerprint density at radius 2 is 2.33 bits per heavy atom. The van der Waals surface area contributed by atoms with E-state index >= 15 is 0 Å². The first-order valence-electron chi connectivity index (χ1n) is 9.57. The lowest BCUT2D eigenvalue weighted by atomic mass is 9.63. The number of nitrogens with zero attached hydrogens (tertiary/aromatic N) is 5. The van der Waals surface area contributed by atoms with Gasteiger partial charge in [-0.25, -0.2) is 20.9 Å². The summed E-state index contributed by atoms with van der Waals surface area (Å²) in [4.78, 5) is 7.24. The van der Waals surface area contributed by atoms with Gasteiger partial charge in [-0.05, 0) is 43.2 Å². The van der Waals surface area contributed by atoms with Gasteiger partial charge in [-0.1, -0.05) is 6.92 Å². The van der Waals surface area contributed by atoms with Crippen LogP contribution in [0.4, 0.5) is 5.69 Å². The number of hydrogen-bond acceptors (Lipinski definition) is 7. The molecule has 9 heteroatoms. The Balaban J connectivity index is 1.53. The van der Waals surface area contributed by atoms with E-state index in [0.717, 1.165) is 36.6 Å². The number of hydrazone groups is 1. The molecule has 144 valence electrons. The fourth-order valence-corrected chi connectivity index (χ4v) is 4.99. The molecule has 5 N–H and O–H groups in total. The highest BCUT2D eigenvalue weighted by Crippen LogP contribution is 2.58. The van der Waals surface area contributed by atoms with Gasteiger partial charge in [0.2, 0.25) is 0 Å². The number of nitrogens with two attached hydrogens (primary N) is 2. The van der Waals surface area contributed by atoms with E-state index in [4.69, 9.17) is 26.4 Å². The smallest absolute Gasteiger partial charge is 0.184 e. The zero-order valence-corrected chi connectivity index (χ0v) is 15.7. The summed E-state index contributed by atoms with van der Waals surface area (Å²) in [5.41, 5.74) is 11.0. The molecule has 0 radical (unpaired) electrons. The number of rotatable bonds is 4. The second-order valence-electron chi connectivity index (χ2n) is 8.23. The van der Waals surface area contributed by atoms with Crippen LogP contribution >= 0.6 is 0 Å². The van der Waals surface area contributed by atoms with Crippen molar-refractivity contribution in [3.63, 3.8) is 0 Å². The molecule has 0 amide bonds. The van der Waals surface area contributed by atoms with Gasteiger partial charge in [-0.3, -0.25) is 0 Å².